The van der Waals surface area contributed by atoms with Gasteiger partial charge in [0.2, 0.25) is 0 Å². The van der Waals surface area contributed by atoms with Gasteiger partial charge in [0.15, 0.2) is 0 Å². The summed E-state index contributed by atoms with van der Waals surface area (Å²) in [6, 6.07) is 9.67. The molecule has 1 saturated heterocycles. The van der Waals surface area contributed by atoms with Gasteiger partial charge in [0, 0.05) is 23.1 Å². The summed E-state index contributed by atoms with van der Waals surface area (Å²) in [4.78, 5) is 0. The topological polar surface area (TPSA) is 24.1 Å². The van der Waals surface area contributed by atoms with Gasteiger partial charge >= 0.3 is 0 Å². The van der Waals surface area contributed by atoms with Crippen molar-refractivity contribution in [2.24, 2.45) is 0 Å². The van der Waals surface area contributed by atoms with Crippen molar-refractivity contribution in [3.05, 3.63) is 34.9 Å². The van der Waals surface area contributed by atoms with E-state index in [0.29, 0.717) is 18.1 Å². The van der Waals surface area contributed by atoms with Crippen LogP contribution >= 0.6 is 11.6 Å². The first-order valence-electron chi connectivity index (χ1n) is 7.90. The number of rotatable bonds is 5. The number of hydrogen-bond donors (Lipinski definition) is 2. The first-order valence-corrected chi connectivity index (χ1v) is 8.28. The van der Waals surface area contributed by atoms with Crippen molar-refractivity contribution in [2.45, 2.75) is 64.1 Å². The molecule has 3 heteroatoms. The fourth-order valence-electron chi connectivity index (χ4n) is 3.10. The molecule has 0 aliphatic carbocycles. The van der Waals surface area contributed by atoms with E-state index in [1.54, 1.807) is 0 Å². The second kappa shape index (κ2) is 8.02. The highest BCUT2D eigenvalue weighted by molar-refractivity contribution is 6.30. The molecular weight excluding hydrogens is 268 g/mol. The Morgan fingerprint density at radius 2 is 2.15 bits per heavy atom. The molecule has 0 saturated carbocycles. The van der Waals surface area contributed by atoms with Crippen LogP contribution in [0.5, 0.6) is 0 Å². The Kier molecular flexibility index (Phi) is 6.34. The van der Waals surface area contributed by atoms with E-state index in [4.69, 9.17) is 11.6 Å². The third kappa shape index (κ3) is 5.08. The highest BCUT2D eigenvalue weighted by Crippen LogP contribution is 2.19. The van der Waals surface area contributed by atoms with E-state index >= 15 is 0 Å². The van der Waals surface area contributed by atoms with E-state index in [-0.39, 0.29) is 0 Å². The smallest absolute Gasteiger partial charge is 0.0409 e. The molecule has 2 rings (SSSR count). The van der Waals surface area contributed by atoms with Crippen LogP contribution in [0.15, 0.2) is 24.3 Å². The highest BCUT2D eigenvalue weighted by Gasteiger charge is 2.16. The minimum absolute atomic E-state index is 0.342. The first kappa shape index (κ1) is 15.8. The summed E-state index contributed by atoms with van der Waals surface area (Å²) in [5.74, 6) is 0. The number of benzene rings is 1. The Morgan fingerprint density at radius 3 is 2.95 bits per heavy atom. The van der Waals surface area contributed by atoms with E-state index < -0.39 is 0 Å². The molecule has 1 aromatic rings. The molecule has 1 aromatic carbocycles. The molecule has 0 spiro atoms. The molecule has 1 aliphatic heterocycles. The second-order valence-corrected chi connectivity index (χ2v) is 6.52. The highest BCUT2D eigenvalue weighted by atomic mass is 35.5. The normalized spacial score (nSPS) is 23.1. The minimum Gasteiger partial charge on any atom is -0.314 e. The van der Waals surface area contributed by atoms with Crippen molar-refractivity contribution >= 4 is 11.6 Å². The fourth-order valence-corrected chi connectivity index (χ4v) is 3.29. The van der Waals surface area contributed by atoms with Gasteiger partial charge < -0.3 is 10.6 Å². The molecule has 1 aliphatic rings. The molecular formula is C17H27ClN2. The van der Waals surface area contributed by atoms with Gasteiger partial charge in [-0.25, -0.2) is 0 Å². The summed E-state index contributed by atoms with van der Waals surface area (Å²) < 4.78 is 0. The van der Waals surface area contributed by atoms with Gasteiger partial charge in [-0.3, -0.25) is 0 Å². The second-order valence-electron chi connectivity index (χ2n) is 6.08. The van der Waals surface area contributed by atoms with E-state index in [1.165, 1.54) is 44.2 Å². The van der Waals surface area contributed by atoms with Crippen LogP contribution in [0.1, 0.15) is 57.6 Å². The quantitative estimate of drug-likeness (QED) is 0.846. The summed E-state index contributed by atoms with van der Waals surface area (Å²) in [5, 5.41) is 8.18. The zero-order valence-corrected chi connectivity index (χ0v) is 13.4. The Hall–Kier alpha value is -0.570. The van der Waals surface area contributed by atoms with Gasteiger partial charge in [0.25, 0.3) is 0 Å². The van der Waals surface area contributed by atoms with Gasteiger partial charge in [-0.15, -0.1) is 0 Å². The Bertz CT molecular complexity index is 400. The van der Waals surface area contributed by atoms with E-state index in [2.05, 4.69) is 36.6 Å². The van der Waals surface area contributed by atoms with Gasteiger partial charge in [-0.05, 0) is 57.4 Å². The monoisotopic (exact) mass is 294 g/mol. The standard InChI is InChI=1S/C17H27ClN2/c1-13(11-17-9-4-3-5-10-19-17)20-14(2)15-7-6-8-16(18)12-15/h6-8,12-14,17,19-20H,3-5,9-11H2,1-2H3. The molecule has 1 heterocycles. The Balaban J connectivity index is 1.82. The average Bonchev–Trinajstić information content (AvgIpc) is 2.67. The summed E-state index contributed by atoms with van der Waals surface area (Å²) >= 11 is 6.06. The number of hydrogen-bond acceptors (Lipinski definition) is 2. The Labute approximate surface area is 128 Å². The van der Waals surface area contributed by atoms with Gasteiger partial charge in [0.05, 0.1) is 0 Å². The van der Waals surface area contributed by atoms with Crippen molar-refractivity contribution in [2.75, 3.05) is 6.54 Å². The van der Waals surface area contributed by atoms with Crippen molar-refractivity contribution in [1.82, 2.24) is 10.6 Å². The molecule has 20 heavy (non-hydrogen) atoms. The predicted molar refractivity (Wildman–Crippen MR) is 87.3 cm³/mol. The van der Waals surface area contributed by atoms with Crippen LogP contribution in [0.25, 0.3) is 0 Å². The van der Waals surface area contributed by atoms with E-state index in [1.807, 2.05) is 12.1 Å². The zero-order chi connectivity index (χ0) is 14.4. The molecule has 3 atom stereocenters. The maximum absolute atomic E-state index is 6.06. The average molecular weight is 295 g/mol. The van der Waals surface area contributed by atoms with E-state index in [9.17, 15) is 0 Å². The predicted octanol–water partition coefficient (Wildman–Crippen LogP) is 4.30. The van der Waals surface area contributed by atoms with Crippen molar-refractivity contribution in [1.29, 1.82) is 0 Å². The molecule has 112 valence electrons. The van der Waals surface area contributed by atoms with Crippen LogP contribution in [0.3, 0.4) is 0 Å². The summed E-state index contributed by atoms with van der Waals surface area (Å²) in [5.41, 5.74) is 1.26. The van der Waals surface area contributed by atoms with Gasteiger partial charge in [-0.1, -0.05) is 36.6 Å². The van der Waals surface area contributed by atoms with Gasteiger partial charge in [0.1, 0.15) is 0 Å². The number of nitrogens with one attached hydrogen (secondary N) is 2. The minimum atomic E-state index is 0.342. The fraction of sp³-hybridized carbons (Fsp3) is 0.647. The third-order valence-corrected chi connectivity index (χ3v) is 4.42. The third-order valence-electron chi connectivity index (χ3n) is 4.18. The lowest BCUT2D eigenvalue weighted by Crippen LogP contribution is -2.37. The molecule has 0 radical (unpaired) electrons. The maximum atomic E-state index is 6.06. The van der Waals surface area contributed by atoms with Crippen LogP contribution < -0.4 is 10.6 Å². The zero-order valence-electron chi connectivity index (χ0n) is 12.7. The van der Waals surface area contributed by atoms with Crippen LogP contribution in [0.2, 0.25) is 5.02 Å². The summed E-state index contributed by atoms with van der Waals surface area (Å²) in [7, 11) is 0. The van der Waals surface area contributed by atoms with Crippen LogP contribution in [0, 0.1) is 0 Å². The lowest BCUT2D eigenvalue weighted by molar-refractivity contribution is 0.380. The van der Waals surface area contributed by atoms with E-state index in [0.717, 1.165) is 5.02 Å². The van der Waals surface area contributed by atoms with Crippen molar-refractivity contribution in [3.8, 4) is 0 Å². The molecule has 3 unspecified atom stereocenters. The number of halogens is 1. The summed E-state index contributed by atoms with van der Waals surface area (Å²) in [6.07, 6.45) is 6.60. The molecule has 2 N–H and O–H groups in total. The molecule has 0 amide bonds. The lowest BCUT2D eigenvalue weighted by Gasteiger charge is -2.25. The largest absolute Gasteiger partial charge is 0.314 e. The summed E-state index contributed by atoms with van der Waals surface area (Å²) in [6.45, 7) is 5.68. The maximum Gasteiger partial charge on any atom is 0.0409 e. The Morgan fingerprint density at radius 1 is 1.30 bits per heavy atom. The van der Waals surface area contributed by atoms with Crippen LogP contribution in [-0.2, 0) is 0 Å². The molecule has 0 aromatic heterocycles. The van der Waals surface area contributed by atoms with Crippen LogP contribution in [-0.4, -0.2) is 18.6 Å². The first-order chi connectivity index (χ1) is 9.65. The lowest BCUT2D eigenvalue weighted by atomic mass is 10.0. The SMILES string of the molecule is CC(CC1CCCCCN1)NC(C)c1cccc(Cl)c1. The molecule has 0 bridgehead atoms. The van der Waals surface area contributed by atoms with Crippen LogP contribution in [0.4, 0.5) is 0 Å². The molecule has 1 fully saturated rings. The van der Waals surface area contributed by atoms with Crippen molar-refractivity contribution < 1.29 is 0 Å². The molecule has 2 nitrogen and oxygen atoms in total. The van der Waals surface area contributed by atoms with Crippen molar-refractivity contribution in [3.63, 3.8) is 0 Å². The van der Waals surface area contributed by atoms with Gasteiger partial charge in [-0.2, -0.15) is 0 Å².